The number of aliphatic hydroxyl groups excluding tert-OH is 1. The van der Waals surface area contributed by atoms with Crippen LogP contribution in [0.4, 0.5) is 0 Å². The van der Waals surface area contributed by atoms with Gasteiger partial charge in [-0.25, -0.2) is 0 Å². The van der Waals surface area contributed by atoms with Crippen LogP contribution in [-0.4, -0.2) is 44.4 Å². The average molecular weight is 295 g/mol. The van der Waals surface area contributed by atoms with Crippen LogP contribution in [0.3, 0.4) is 0 Å². The van der Waals surface area contributed by atoms with E-state index in [1.54, 1.807) is 0 Å². The number of hydrogen-bond acceptors (Lipinski definition) is 6. The molecule has 0 bridgehead atoms. The van der Waals surface area contributed by atoms with Crippen LogP contribution in [-0.2, 0) is 0 Å². The molecule has 2 rings (SSSR count). The molecule has 0 aromatic carbocycles. The Kier molecular flexibility index (Phi) is 5.63. The predicted octanol–water partition coefficient (Wildman–Crippen LogP) is 1.01. The molecule has 0 radical (unpaired) electrons. The van der Waals surface area contributed by atoms with E-state index in [9.17, 15) is 4.79 Å². The van der Waals surface area contributed by atoms with Crippen molar-refractivity contribution in [3.05, 3.63) is 22.7 Å². The van der Waals surface area contributed by atoms with Crippen molar-refractivity contribution >= 4 is 17.2 Å². The molecule has 2 aromatic rings. The van der Waals surface area contributed by atoms with E-state index in [1.807, 2.05) is 11.4 Å². The van der Waals surface area contributed by atoms with Gasteiger partial charge in [0.05, 0.1) is 5.69 Å². The second-order valence-electron chi connectivity index (χ2n) is 4.28. The summed E-state index contributed by atoms with van der Waals surface area (Å²) in [4.78, 5) is 12.7. The minimum absolute atomic E-state index is 0.104. The lowest BCUT2D eigenvalue weighted by Gasteiger charge is -2.05. The number of thiophene rings is 1. The van der Waals surface area contributed by atoms with Gasteiger partial charge in [0, 0.05) is 13.2 Å². The van der Waals surface area contributed by atoms with Crippen molar-refractivity contribution in [2.45, 2.75) is 25.7 Å². The van der Waals surface area contributed by atoms with Gasteiger partial charge in [-0.2, -0.15) is 4.68 Å². The van der Waals surface area contributed by atoms with Crippen LogP contribution in [0.5, 0.6) is 0 Å². The third-order valence-corrected chi connectivity index (χ3v) is 3.72. The molecule has 0 saturated heterocycles. The first-order valence-electron chi connectivity index (χ1n) is 6.53. The molecule has 0 unspecified atom stereocenters. The number of carbonyl (C=O) groups is 1. The van der Waals surface area contributed by atoms with Crippen LogP contribution in [0.15, 0.2) is 17.8 Å². The monoisotopic (exact) mass is 295 g/mol. The number of aliphatic hydroxyl groups is 1. The summed E-state index contributed by atoms with van der Waals surface area (Å²) in [5.41, 5.74) is 0.692. The van der Waals surface area contributed by atoms with E-state index in [0.29, 0.717) is 17.1 Å². The van der Waals surface area contributed by atoms with Gasteiger partial charge in [0.15, 0.2) is 0 Å². The first-order valence-corrected chi connectivity index (χ1v) is 7.41. The first kappa shape index (κ1) is 14.6. The molecular weight excluding hydrogens is 278 g/mol. The Balaban J connectivity index is 1.83. The minimum atomic E-state index is -0.104. The zero-order valence-corrected chi connectivity index (χ0v) is 11.8. The van der Waals surface area contributed by atoms with Gasteiger partial charge < -0.3 is 10.4 Å². The highest BCUT2D eigenvalue weighted by Crippen LogP contribution is 2.19. The van der Waals surface area contributed by atoms with Crippen LogP contribution in [0, 0.1) is 0 Å². The molecule has 0 aliphatic rings. The zero-order chi connectivity index (χ0) is 14.2. The van der Waals surface area contributed by atoms with E-state index in [1.165, 1.54) is 22.3 Å². The zero-order valence-electron chi connectivity index (χ0n) is 11.0. The number of aromatic nitrogens is 4. The van der Waals surface area contributed by atoms with Crippen LogP contribution < -0.4 is 5.32 Å². The van der Waals surface area contributed by atoms with E-state index in [2.05, 4.69) is 20.8 Å². The van der Waals surface area contributed by atoms with E-state index < -0.39 is 0 Å². The quantitative estimate of drug-likeness (QED) is 0.709. The molecular formula is C12H17N5O2S. The molecule has 2 aromatic heterocycles. The Hall–Kier alpha value is -1.80. The normalized spacial score (nSPS) is 10.7. The van der Waals surface area contributed by atoms with Crippen LogP contribution in [0.1, 0.15) is 35.4 Å². The molecule has 20 heavy (non-hydrogen) atoms. The molecule has 0 aliphatic heterocycles. The number of unbranched alkanes of at least 4 members (excludes halogenated alkanes) is 3. The molecule has 2 N–H and O–H groups in total. The van der Waals surface area contributed by atoms with Gasteiger partial charge in [0.25, 0.3) is 5.91 Å². The number of amides is 1. The molecule has 1 amide bonds. The minimum Gasteiger partial charge on any atom is -0.396 e. The summed E-state index contributed by atoms with van der Waals surface area (Å²) in [5, 5.41) is 24.3. The van der Waals surface area contributed by atoms with Gasteiger partial charge in [0.1, 0.15) is 11.2 Å². The molecule has 8 heteroatoms. The van der Waals surface area contributed by atoms with Crippen molar-refractivity contribution in [1.29, 1.82) is 0 Å². The van der Waals surface area contributed by atoms with E-state index in [-0.39, 0.29) is 12.5 Å². The lowest BCUT2D eigenvalue weighted by molar-refractivity contribution is 0.0956. The maximum Gasteiger partial charge on any atom is 0.263 e. The molecule has 0 aliphatic carbocycles. The third-order valence-electron chi connectivity index (χ3n) is 2.82. The Labute approximate surface area is 120 Å². The van der Waals surface area contributed by atoms with Crippen LogP contribution in [0.2, 0.25) is 0 Å². The SMILES string of the molecule is O=C(NCCCCCCO)c1sccc1-n1cnnn1. The van der Waals surface area contributed by atoms with Crippen LogP contribution in [0.25, 0.3) is 5.69 Å². The van der Waals surface area contributed by atoms with Crippen LogP contribution >= 0.6 is 11.3 Å². The summed E-state index contributed by atoms with van der Waals surface area (Å²) in [7, 11) is 0. The number of carbonyl (C=O) groups excluding carboxylic acids is 1. The summed E-state index contributed by atoms with van der Waals surface area (Å²) in [6.07, 6.45) is 5.19. The Morgan fingerprint density at radius 2 is 2.20 bits per heavy atom. The number of nitrogens with one attached hydrogen (secondary N) is 1. The summed E-state index contributed by atoms with van der Waals surface area (Å²) < 4.78 is 1.48. The van der Waals surface area contributed by atoms with Gasteiger partial charge in [-0.15, -0.1) is 16.4 Å². The van der Waals surface area contributed by atoms with E-state index in [4.69, 9.17) is 5.11 Å². The second kappa shape index (κ2) is 7.71. The lowest BCUT2D eigenvalue weighted by Crippen LogP contribution is -2.24. The largest absolute Gasteiger partial charge is 0.396 e. The molecule has 0 fully saturated rings. The summed E-state index contributed by atoms with van der Waals surface area (Å²) in [5.74, 6) is -0.104. The highest BCUT2D eigenvalue weighted by molar-refractivity contribution is 7.12. The number of rotatable bonds is 8. The maximum atomic E-state index is 12.1. The van der Waals surface area contributed by atoms with Crippen molar-refractivity contribution in [2.24, 2.45) is 0 Å². The smallest absolute Gasteiger partial charge is 0.263 e. The van der Waals surface area contributed by atoms with Crippen molar-refractivity contribution in [1.82, 2.24) is 25.5 Å². The molecule has 7 nitrogen and oxygen atoms in total. The average Bonchev–Trinajstić information content (AvgIpc) is 3.11. The van der Waals surface area contributed by atoms with Crippen molar-refractivity contribution < 1.29 is 9.90 Å². The lowest BCUT2D eigenvalue weighted by atomic mass is 10.2. The second-order valence-corrected chi connectivity index (χ2v) is 5.20. The van der Waals surface area contributed by atoms with E-state index >= 15 is 0 Å². The number of hydrogen-bond donors (Lipinski definition) is 2. The maximum absolute atomic E-state index is 12.1. The van der Waals surface area contributed by atoms with Gasteiger partial charge in [-0.1, -0.05) is 12.8 Å². The fraction of sp³-hybridized carbons (Fsp3) is 0.500. The van der Waals surface area contributed by atoms with Gasteiger partial charge in [-0.3, -0.25) is 4.79 Å². The fourth-order valence-corrected chi connectivity index (χ4v) is 2.59. The third kappa shape index (κ3) is 3.84. The number of tetrazole rings is 1. The van der Waals surface area contributed by atoms with E-state index in [0.717, 1.165) is 25.7 Å². The van der Waals surface area contributed by atoms with Gasteiger partial charge in [-0.05, 0) is 34.7 Å². The summed E-state index contributed by atoms with van der Waals surface area (Å²) in [6.45, 7) is 0.869. The molecule has 108 valence electrons. The Bertz CT molecular complexity index is 526. The molecule has 2 heterocycles. The Morgan fingerprint density at radius 1 is 1.35 bits per heavy atom. The summed E-state index contributed by atoms with van der Waals surface area (Å²) >= 11 is 1.37. The predicted molar refractivity (Wildman–Crippen MR) is 74.9 cm³/mol. The van der Waals surface area contributed by atoms with Gasteiger partial charge >= 0.3 is 0 Å². The highest BCUT2D eigenvalue weighted by atomic mass is 32.1. The topological polar surface area (TPSA) is 92.9 Å². The Morgan fingerprint density at radius 3 is 2.95 bits per heavy atom. The van der Waals surface area contributed by atoms with Gasteiger partial charge in [0.2, 0.25) is 0 Å². The van der Waals surface area contributed by atoms with Crippen molar-refractivity contribution in [3.8, 4) is 5.69 Å². The highest BCUT2D eigenvalue weighted by Gasteiger charge is 2.14. The molecule has 0 saturated carbocycles. The van der Waals surface area contributed by atoms with Crippen molar-refractivity contribution in [3.63, 3.8) is 0 Å². The molecule has 0 atom stereocenters. The first-order chi connectivity index (χ1) is 9.83. The van der Waals surface area contributed by atoms with Crippen molar-refractivity contribution in [2.75, 3.05) is 13.2 Å². The summed E-state index contributed by atoms with van der Waals surface area (Å²) in [6, 6.07) is 1.82. The molecule has 0 spiro atoms. The number of nitrogens with zero attached hydrogens (tertiary/aromatic N) is 4. The fourth-order valence-electron chi connectivity index (χ4n) is 1.80. The standard InChI is InChI=1S/C12H17N5O2S/c18-7-4-2-1-3-6-13-12(19)11-10(5-8-20-11)17-9-14-15-16-17/h5,8-9,18H,1-4,6-7H2,(H,13,19).